The summed E-state index contributed by atoms with van der Waals surface area (Å²) in [5.74, 6) is 2.18. The van der Waals surface area contributed by atoms with Crippen molar-refractivity contribution >= 4 is 5.82 Å². The fourth-order valence-electron chi connectivity index (χ4n) is 3.06. The SMILES string of the molecule is COc1ccc(-c2c(C)nc(-n3ccnc3)nc2NCc2ccccc2)cc1. The van der Waals surface area contributed by atoms with Gasteiger partial charge in [0.25, 0.3) is 0 Å². The maximum absolute atomic E-state index is 5.28. The monoisotopic (exact) mass is 371 g/mol. The summed E-state index contributed by atoms with van der Waals surface area (Å²) in [5.41, 5.74) is 4.08. The van der Waals surface area contributed by atoms with Crippen molar-refractivity contribution < 1.29 is 4.74 Å². The van der Waals surface area contributed by atoms with Gasteiger partial charge in [0.05, 0.1) is 12.8 Å². The van der Waals surface area contributed by atoms with E-state index in [4.69, 9.17) is 14.7 Å². The third-order valence-electron chi connectivity index (χ3n) is 4.49. The standard InChI is InChI=1S/C22H21N5O/c1-16-20(18-8-10-19(28-2)11-9-18)21(24-14-17-6-4-3-5-7-17)26-22(25-16)27-13-12-23-15-27/h3-13,15H,14H2,1-2H3,(H,24,25,26). The highest BCUT2D eigenvalue weighted by molar-refractivity contribution is 5.78. The summed E-state index contributed by atoms with van der Waals surface area (Å²) in [6.45, 7) is 2.67. The van der Waals surface area contributed by atoms with Gasteiger partial charge in [0, 0.05) is 24.5 Å². The molecule has 4 rings (SSSR count). The Morgan fingerprint density at radius 3 is 2.46 bits per heavy atom. The molecule has 4 aromatic rings. The topological polar surface area (TPSA) is 64.9 Å². The fraction of sp³-hybridized carbons (Fsp3) is 0.136. The van der Waals surface area contributed by atoms with Gasteiger partial charge in [0.15, 0.2) is 0 Å². The van der Waals surface area contributed by atoms with Crippen LogP contribution in [-0.4, -0.2) is 26.6 Å². The van der Waals surface area contributed by atoms with Gasteiger partial charge in [-0.3, -0.25) is 4.57 Å². The summed E-state index contributed by atoms with van der Waals surface area (Å²) in [6, 6.07) is 18.2. The molecular formula is C22H21N5O. The summed E-state index contributed by atoms with van der Waals surface area (Å²) in [7, 11) is 1.66. The summed E-state index contributed by atoms with van der Waals surface area (Å²) in [4.78, 5) is 13.6. The van der Waals surface area contributed by atoms with Crippen molar-refractivity contribution in [2.45, 2.75) is 13.5 Å². The minimum Gasteiger partial charge on any atom is -0.497 e. The molecule has 28 heavy (non-hydrogen) atoms. The van der Waals surface area contributed by atoms with E-state index in [1.54, 1.807) is 24.2 Å². The third kappa shape index (κ3) is 3.71. The molecule has 0 saturated heterocycles. The molecule has 0 aliphatic heterocycles. The zero-order chi connectivity index (χ0) is 19.3. The molecule has 2 heterocycles. The molecule has 0 bridgehead atoms. The molecule has 0 amide bonds. The number of nitrogens with zero attached hydrogens (tertiary/aromatic N) is 4. The molecule has 0 atom stereocenters. The van der Waals surface area contributed by atoms with E-state index in [2.05, 4.69) is 22.4 Å². The van der Waals surface area contributed by atoms with Crippen molar-refractivity contribution in [1.82, 2.24) is 19.5 Å². The van der Waals surface area contributed by atoms with Crippen LogP contribution in [0.3, 0.4) is 0 Å². The summed E-state index contributed by atoms with van der Waals surface area (Å²) in [5, 5.41) is 3.48. The van der Waals surface area contributed by atoms with Crippen molar-refractivity contribution in [2.75, 3.05) is 12.4 Å². The number of aryl methyl sites for hydroxylation is 1. The van der Waals surface area contributed by atoms with E-state index in [9.17, 15) is 0 Å². The van der Waals surface area contributed by atoms with Crippen molar-refractivity contribution in [3.05, 3.63) is 84.6 Å². The van der Waals surface area contributed by atoms with Crippen LogP contribution in [0.25, 0.3) is 17.1 Å². The molecule has 0 spiro atoms. The van der Waals surface area contributed by atoms with Gasteiger partial charge in [-0.2, -0.15) is 4.98 Å². The van der Waals surface area contributed by atoms with Gasteiger partial charge >= 0.3 is 0 Å². The third-order valence-corrected chi connectivity index (χ3v) is 4.49. The Morgan fingerprint density at radius 1 is 1.00 bits per heavy atom. The van der Waals surface area contributed by atoms with Crippen LogP contribution >= 0.6 is 0 Å². The van der Waals surface area contributed by atoms with Gasteiger partial charge in [-0.15, -0.1) is 0 Å². The highest BCUT2D eigenvalue weighted by Crippen LogP contribution is 2.31. The lowest BCUT2D eigenvalue weighted by Crippen LogP contribution is -2.09. The van der Waals surface area contributed by atoms with Crippen molar-refractivity contribution in [2.24, 2.45) is 0 Å². The summed E-state index contributed by atoms with van der Waals surface area (Å²) < 4.78 is 7.09. The molecule has 0 saturated carbocycles. The fourth-order valence-corrected chi connectivity index (χ4v) is 3.06. The molecule has 6 heteroatoms. The number of anilines is 1. The van der Waals surface area contributed by atoms with Gasteiger partial charge in [0.1, 0.15) is 17.9 Å². The average Bonchev–Trinajstić information content (AvgIpc) is 3.28. The van der Waals surface area contributed by atoms with Gasteiger partial charge in [-0.25, -0.2) is 9.97 Å². The Balaban J connectivity index is 1.76. The number of hydrogen-bond acceptors (Lipinski definition) is 5. The van der Waals surface area contributed by atoms with Crippen LogP contribution in [0.1, 0.15) is 11.3 Å². The van der Waals surface area contributed by atoms with E-state index in [0.717, 1.165) is 28.4 Å². The van der Waals surface area contributed by atoms with Gasteiger partial charge in [0.2, 0.25) is 5.95 Å². The van der Waals surface area contributed by atoms with Crippen LogP contribution in [0.15, 0.2) is 73.3 Å². The maximum atomic E-state index is 5.28. The molecule has 0 radical (unpaired) electrons. The zero-order valence-corrected chi connectivity index (χ0v) is 15.8. The van der Waals surface area contributed by atoms with Crippen LogP contribution in [0.5, 0.6) is 5.75 Å². The molecule has 2 aromatic heterocycles. The number of imidazole rings is 1. The van der Waals surface area contributed by atoms with Crippen molar-refractivity contribution in [1.29, 1.82) is 0 Å². The second-order valence-electron chi connectivity index (χ2n) is 6.37. The van der Waals surface area contributed by atoms with Crippen LogP contribution in [0.4, 0.5) is 5.82 Å². The lowest BCUT2D eigenvalue weighted by molar-refractivity contribution is 0.415. The zero-order valence-electron chi connectivity index (χ0n) is 15.8. The van der Waals surface area contributed by atoms with E-state index in [-0.39, 0.29) is 0 Å². The number of nitrogens with one attached hydrogen (secondary N) is 1. The lowest BCUT2D eigenvalue weighted by Gasteiger charge is -2.16. The maximum Gasteiger partial charge on any atom is 0.237 e. The molecular weight excluding hydrogens is 350 g/mol. The van der Waals surface area contributed by atoms with Gasteiger partial charge in [-0.05, 0) is 30.2 Å². The Bertz CT molecular complexity index is 1040. The van der Waals surface area contributed by atoms with Crippen LogP contribution in [0.2, 0.25) is 0 Å². The number of benzene rings is 2. The van der Waals surface area contributed by atoms with E-state index in [0.29, 0.717) is 12.5 Å². The smallest absolute Gasteiger partial charge is 0.237 e. The molecule has 0 aliphatic rings. The van der Waals surface area contributed by atoms with Crippen LogP contribution in [0, 0.1) is 6.92 Å². The van der Waals surface area contributed by atoms with E-state index in [1.807, 2.05) is 55.6 Å². The average molecular weight is 371 g/mol. The Morgan fingerprint density at radius 2 is 1.79 bits per heavy atom. The second kappa shape index (κ2) is 7.92. The number of ether oxygens (including phenoxy) is 1. The highest BCUT2D eigenvalue weighted by atomic mass is 16.5. The molecule has 6 nitrogen and oxygen atoms in total. The van der Waals surface area contributed by atoms with Gasteiger partial charge in [-0.1, -0.05) is 42.5 Å². The quantitative estimate of drug-likeness (QED) is 0.549. The Labute approximate surface area is 163 Å². The first-order chi connectivity index (χ1) is 13.7. The molecule has 0 fully saturated rings. The van der Waals surface area contributed by atoms with Gasteiger partial charge < -0.3 is 10.1 Å². The lowest BCUT2D eigenvalue weighted by atomic mass is 10.0. The first-order valence-electron chi connectivity index (χ1n) is 9.04. The minimum atomic E-state index is 0.586. The summed E-state index contributed by atoms with van der Waals surface area (Å²) in [6.07, 6.45) is 5.25. The molecule has 2 aromatic carbocycles. The highest BCUT2D eigenvalue weighted by Gasteiger charge is 2.15. The predicted molar refractivity (Wildman–Crippen MR) is 110 cm³/mol. The largest absolute Gasteiger partial charge is 0.497 e. The predicted octanol–water partition coefficient (Wildman–Crippen LogP) is 4.26. The Hall–Kier alpha value is -3.67. The van der Waals surface area contributed by atoms with Crippen LogP contribution < -0.4 is 10.1 Å². The number of aromatic nitrogens is 4. The van der Waals surface area contributed by atoms with E-state index in [1.165, 1.54) is 5.56 Å². The number of rotatable bonds is 6. The second-order valence-corrected chi connectivity index (χ2v) is 6.37. The normalized spacial score (nSPS) is 10.6. The molecule has 140 valence electrons. The molecule has 0 aliphatic carbocycles. The van der Waals surface area contributed by atoms with Crippen LogP contribution in [-0.2, 0) is 6.54 Å². The van der Waals surface area contributed by atoms with E-state index >= 15 is 0 Å². The van der Waals surface area contributed by atoms with Crippen molar-refractivity contribution in [3.63, 3.8) is 0 Å². The van der Waals surface area contributed by atoms with E-state index < -0.39 is 0 Å². The Kier molecular flexibility index (Phi) is 5.01. The number of methoxy groups -OCH3 is 1. The molecule has 1 N–H and O–H groups in total. The summed E-state index contributed by atoms with van der Waals surface area (Å²) >= 11 is 0. The first-order valence-corrected chi connectivity index (χ1v) is 9.04. The first kappa shape index (κ1) is 17.7. The van der Waals surface area contributed by atoms with Crippen molar-refractivity contribution in [3.8, 4) is 22.8 Å². The minimum absolute atomic E-state index is 0.586. The molecule has 0 unspecified atom stereocenters. The number of hydrogen-bond donors (Lipinski definition) is 1.